The molecular formula is C21H21FN6O. The van der Waals surface area contributed by atoms with Gasteiger partial charge in [-0.1, -0.05) is 0 Å². The zero-order valence-electron chi connectivity index (χ0n) is 16.3. The molecule has 3 aromatic heterocycles. The second-order valence-electron chi connectivity index (χ2n) is 7.27. The second-order valence-corrected chi connectivity index (χ2v) is 7.27. The van der Waals surface area contributed by atoms with Crippen LogP contribution >= 0.6 is 0 Å². The molecule has 0 aliphatic carbocycles. The van der Waals surface area contributed by atoms with Crippen molar-refractivity contribution in [3.63, 3.8) is 0 Å². The molecule has 0 aliphatic rings. The average molecular weight is 392 g/mol. The summed E-state index contributed by atoms with van der Waals surface area (Å²) in [6.45, 7) is 4.69. The Kier molecular flexibility index (Phi) is 4.89. The predicted octanol–water partition coefficient (Wildman–Crippen LogP) is 3.62. The molecule has 0 spiro atoms. The van der Waals surface area contributed by atoms with Crippen LogP contribution in [0.1, 0.15) is 38.6 Å². The van der Waals surface area contributed by atoms with Gasteiger partial charge in [-0.05, 0) is 44.5 Å². The van der Waals surface area contributed by atoms with E-state index < -0.39 is 0 Å². The van der Waals surface area contributed by atoms with Crippen LogP contribution in [0, 0.1) is 17.1 Å². The van der Waals surface area contributed by atoms with Gasteiger partial charge in [0.15, 0.2) is 0 Å². The van der Waals surface area contributed by atoms with Crippen molar-refractivity contribution in [2.75, 3.05) is 0 Å². The Hall–Kier alpha value is -3.47. The first-order valence-corrected chi connectivity index (χ1v) is 9.57. The minimum Gasteiger partial charge on any atom is -0.326 e. The van der Waals surface area contributed by atoms with E-state index in [2.05, 4.69) is 16.0 Å². The molecule has 0 saturated carbocycles. The van der Waals surface area contributed by atoms with Gasteiger partial charge in [0, 0.05) is 25.2 Å². The summed E-state index contributed by atoms with van der Waals surface area (Å²) in [5.41, 5.74) is 2.74. The van der Waals surface area contributed by atoms with Crippen molar-refractivity contribution in [2.45, 2.75) is 45.8 Å². The SMILES string of the molecule is CC(C)n1c(=O)n(Cc2nc3ccc(F)cc3n2CCCC#N)c2cnccc21. The van der Waals surface area contributed by atoms with Gasteiger partial charge in [0.05, 0.1) is 40.9 Å². The fourth-order valence-corrected chi connectivity index (χ4v) is 3.75. The van der Waals surface area contributed by atoms with Gasteiger partial charge >= 0.3 is 5.69 Å². The number of rotatable bonds is 6. The van der Waals surface area contributed by atoms with Crippen LogP contribution in [0.5, 0.6) is 0 Å². The lowest BCUT2D eigenvalue weighted by Gasteiger charge is -2.09. The number of nitrogens with zero attached hydrogens (tertiary/aromatic N) is 6. The van der Waals surface area contributed by atoms with E-state index in [9.17, 15) is 9.18 Å². The van der Waals surface area contributed by atoms with E-state index in [1.807, 2.05) is 24.5 Å². The number of unbranched alkanes of at least 4 members (excludes halogenated alkanes) is 1. The van der Waals surface area contributed by atoms with Crippen molar-refractivity contribution in [2.24, 2.45) is 0 Å². The fraction of sp³-hybridized carbons (Fsp3) is 0.333. The maximum atomic E-state index is 13.8. The molecule has 0 fully saturated rings. The summed E-state index contributed by atoms with van der Waals surface area (Å²) in [6, 6.07) is 8.42. The topological polar surface area (TPSA) is 81.4 Å². The van der Waals surface area contributed by atoms with Crippen LogP contribution in [0.2, 0.25) is 0 Å². The van der Waals surface area contributed by atoms with Gasteiger partial charge in [-0.15, -0.1) is 0 Å². The monoisotopic (exact) mass is 392 g/mol. The molecule has 1 aromatic carbocycles. The van der Waals surface area contributed by atoms with Gasteiger partial charge in [-0.25, -0.2) is 14.2 Å². The Balaban J connectivity index is 1.87. The molecule has 0 N–H and O–H groups in total. The van der Waals surface area contributed by atoms with Gasteiger partial charge < -0.3 is 4.57 Å². The van der Waals surface area contributed by atoms with Crippen LogP contribution < -0.4 is 5.69 Å². The number of halogens is 1. The minimum absolute atomic E-state index is 0.00260. The summed E-state index contributed by atoms with van der Waals surface area (Å²) in [7, 11) is 0. The lowest BCUT2D eigenvalue weighted by molar-refractivity contribution is 0.560. The normalized spacial score (nSPS) is 11.6. The zero-order chi connectivity index (χ0) is 20.5. The molecule has 8 heteroatoms. The van der Waals surface area contributed by atoms with Crippen LogP contribution in [0.15, 0.2) is 41.5 Å². The van der Waals surface area contributed by atoms with Crippen LogP contribution in [0.25, 0.3) is 22.1 Å². The molecule has 4 aromatic rings. The van der Waals surface area contributed by atoms with E-state index in [4.69, 9.17) is 5.26 Å². The Morgan fingerprint density at radius 3 is 2.76 bits per heavy atom. The molecule has 0 radical (unpaired) electrons. The molecule has 0 aliphatic heterocycles. The van der Waals surface area contributed by atoms with E-state index in [1.54, 1.807) is 27.6 Å². The lowest BCUT2D eigenvalue weighted by atomic mass is 10.3. The van der Waals surface area contributed by atoms with Gasteiger partial charge in [0.1, 0.15) is 11.6 Å². The van der Waals surface area contributed by atoms with E-state index in [1.165, 1.54) is 12.1 Å². The number of aryl methyl sites for hydroxylation is 1. The van der Waals surface area contributed by atoms with Crippen molar-refractivity contribution in [3.8, 4) is 6.07 Å². The summed E-state index contributed by atoms with van der Waals surface area (Å²) in [5, 5.41) is 8.88. The van der Waals surface area contributed by atoms with Gasteiger partial charge in [-0.3, -0.25) is 14.1 Å². The summed E-state index contributed by atoms with van der Waals surface area (Å²) in [4.78, 5) is 22.0. The van der Waals surface area contributed by atoms with E-state index in [0.717, 1.165) is 11.0 Å². The number of hydrogen-bond donors (Lipinski definition) is 0. The van der Waals surface area contributed by atoms with E-state index in [0.29, 0.717) is 36.2 Å². The lowest BCUT2D eigenvalue weighted by Crippen LogP contribution is -2.27. The van der Waals surface area contributed by atoms with Gasteiger partial charge in [-0.2, -0.15) is 5.26 Å². The Labute approximate surface area is 166 Å². The summed E-state index contributed by atoms with van der Waals surface area (Å²) >= 11 is 0. The molecular weight excluding hydrogens is 371 g/mol. The molecule has 0 bridgehead atoms. The van der Waals surface area contributed by atoms with Crippen LogP contribution in [0.3, 0.4) is 0 Å². The van der Waals surface area contributed by atoms with Crippen molar-refractivity contribution in [3.05, 3.63) is 58.8 Å². The predicted molar refractivity (Wildman–Crippen MR) is 108 cm³/mol. The number of imidazole rings is 2. The number of benzene rings is 1. The zero-order valence-corrected chi connectivity index (χ0v) is 16.3. The molecule has 0 amide bonds. The van der Waals surface area contributed by atoms with Crippen molar-refractivity contribution < 1.29 is 4.39 Å². The maximum Gasteiger partial charge on any atom is 0.329 e. The van der Waals surface area contributed by atoms with Crippen LogP contribution in [-0.4, -0.2) is 23.7 Å². The fourth-order valence-electron chi connectivity index (χ4n) is 3.75. The van der Waals surface area contributed by atoms with Gasteiger partial charge in [0.25, 0.3) is 0 Å². The van der Waals surface area contributed by atoms with E-state index in [-0.39, 0.29) is 24.1 Å². The molecule has 0 atom stereocenters. The Bertz CT molecular complexity index is 1290. The third kappa shape index (κ3) is 3.29. The molecule has 0 saturated heterocycles. The number of pyridine rings is 1. The molecule has 4 rings (SSSR count). The third-order valence-corrected chi connectivity index (χ3v) is 5.04. The smallest absolute Gasteiger partial charge is 0.326 e. The van der Waals surface area contributed by atoms with Crippen LogP contribution in [-0.2, 0) is 13.1 Å². The minimum atomic E-state index is -0.344. The molecule has 7 nitrogen and oxygen atoms in total. The van der Waals surface area contributed by atoms with Crippen molar-refractivity contribution in [1.82, 2.24) is 23.7 Å². The molecule has 148 valence electrons. The third-order valence-electron chi connectivity index (χ3n) is 5.04. The first-order chi connectivity index (χ1) is 14.0. The highest BCUT2D eigenvalue weighted by Crippen LogP contribution is 2.21. The molecule has 0 unspecified atom stereocenters. The highest BCUT2D eigenvalue weighted by Gasteiger charge is 2.19. The van der Waals surface area contributed by atoms with Crippen molar-refractivity contribution >= 4 is 22.1 Å². The molecule has 29 heavy (non-hydrogen) atoms. The highest BCUT2D eigenvalue weighted by atomic mass is 19.1. The summed E-state index contributed by atoms with van der Waals surface area (Å²) < 4.78 is 19.1. The largest absolute Gasteiger partial charge is 0.329 e. The number of fused-ring (bicyclic) bond motifs is 2. The molecule has 3 heterocycles. The summed E-state index contributed by atoms with van der Waals surface area (Å²) in [5.74, 6) is 0.306. The number of nitriles is 1. The maximum absolute atomic E-state index is 13.8. The van der Waals surface area contributed by atoms with E-state index >= 15 is 0 Å². The Morgan fingerprint density at radius 1 is 1.17 bits per heavy atom. The highest BCUT2D eigenvalue weighted by molar-refractivity contribution is 5.77. The van der Waals surface area contributed by atoms with Crippen LogP contribution in [0.4, 0.5) is 4.39 Å². The number of hydrogen-bond acceptors (Lipinski definition) is 4. The quantitative estimate of drug-likeness (QED) is 0.469. The second kappa shape index (κ2) is 7.51. The first-order valence-electron chi connectivity index (χ1n) is 9.57. The number of aromatic nitrogens is 5. The first kappa shape index (κ1) is 18.9. The standard InChI is InChI=1S/C21H21FN6O/c1-14(2)28-17-7-9-24-12-19(17)27(21(28)29)13-20-25-16-6-5-15(22)11-18(16)26(20)10-4-3-8-23/h5-7,9,11-12,14H,3-4,10,13H2,1-2H3. The summed E-state index contributed by atoms with van der Waals surface area (Å²) in [6.07, 6.45) is 4.36. The van der Waals surface area contributed by atoms with Crippen molar-refractivity contribution in [1.29, 1.82) is 5.26 Å². The van der Waals surface area contributed by atoms with Gasteiger partial charge in [0.2, 0.25) is 0 Å². The average Bonchev–Trinajstić information content (AvgIpc) is 3.17. The Morgan fingerprint density at radius 2 is 2.00 bits per heavy atom.